The van der Waals surface area contributed by atoms with E-state index in [4.69, 9.17) is 26.7 Å². The Balaban J connectivity index is 1.67. The van der Waals surface area contributed by atoms with E-state index in [0.29, 0.717) is 21.3 Å². The molecule has 5 rings (SSSR count). The lowest BCUT2D eigenvalue weighted by Gasteiger charge is -2.18. The van der Waals surface area contributed by atoms with Crippen molar-refractivity contribution in [2.24, 2.45) is 0 Å². The largest absolute Gasteiger partial charge is 0.461 e. The molecule has 1 amide bonds. The van der Waals surface area contributed by atoms with Crippen molar-refractivity contribution in [1.29, 1.82) is 0 Å². The summed E-state index contributed by atoms with van der Waals surface area (Å²) in [7, 11) is 0. The Kier molecular flexibility index (Phi) is 4.99. The molecule has 1 aliphatic carbocycles. The number of hydrogen-bond acceptors (Lipinski definition) is 5. The molecule has 7 heteroatoms. The van der Waals surface area contributed by atoms with Gasteiger partial charge in [0.1, 0.15) is 21.2 Å². The predicted octanol–water partition coefficient (Wildman–Crippen LogP) is 6.54. The molecule has 0 aliphatic heterocycles. The van der Waals surface area contributed by atoms with Crippen LogP contribution >= 0.6 is 22.9 Å². The molecular weight excluding hydrogens is 430 g/mol. The van der Waals surface area contributed by atoms with E-state index >= 15 is 0 Å². The van der Waals surface area contributed by atoms with Crippen LogP contribution in [0, 0.1) is 13.8 Å². The van der Waals surface area contributed by atoms with Crippen LogP contribution in [0.3, 0.4) is 0 Å². The molecule has 0 saturated heterocycles. The van der Waals surface area contributed by atoms with Crippen LogP contribution in [0.4, 0.5) is 11.4 Å². The lowest BCUT2D eigenvalue weighted by Crippen LogP contribution is -2.13. The number of nitrogen functional groups attached to an aromatic ring is 1. The fourth-order valence-electron chi connectivity index (χ4n) is 4.24. The summed E-state index contributed by atoms with van der Waals surface area (Å²) in [6.07, 6.45) is 4.09. The third kappa shape index (κ3) is 3.40. The number of nitrogens with two attached hydrogens (primary N) is 1. The van der Waals surface area contributed by atoms with Gasteiger partial charge in [-0.25, -0.2) is 4.98 Å². The molecule has 0 saturated carbocycles. The number of hydrogen-bond donors (Lipinski definition) is 2. The molecule has 1 aliphatic rings. The standard InChI is InChI=1S/C24H22ClN3O2S/c1-12-10-11-18(30-12)19-14-6-3-4-8-17(14)28-24-20(19)21(26)22(31-24)23(29)27-16-9-5-7-15(25)13(16)2/h5,7,9-11H,3-4,6,8,26H2,1-2H3,(H,27,29). The van der Waals surface area contributed by atoms with Gasteiger partial charge in [0.2, 0.25) is 0 Å². The minimum atomic E-state index is -0.259. The Morgan fingerprint density at radius 1 is 1.19 bits per heavy atom. The van der Waals surface area contributed by atoms with Crippen LogP contribution in [0.15, 0.2) is 34.7 Å². The van der Waals surface area contributed by atoms with Gasteiger partial charge >= 0.3 is 0 Å². The molecule has 0 fully saturated rings. The highest BCUT2D eigenvalue weighted by Gasteiger charge is 2.27. The summed E-state index contributed by atoms with van der Waals surface area (Å²) in [6.45, 7) is 3.80. The molecule has 0 spiro atoms. The normalized spacial score (nSPS) is 13.4. The van der Waals surface area contributed by atoms with Gasteiger partial charge in [-0.1, -0.05) is 17.7 Å². The summed E-state index contributed by atoms with van der Waals surface area (Å²) in [5, 5.41) is 4.37. The van der Waals surface area contributed by atoms with E-state index in [1.807, 2.05) is 38.1 Å². The van der Waals surface area contributed by atoms with Crippen molar-refractivity contribution in [3.63, 3.8) is 0 Å². The molecular formula is C24H22ClN3O2S. The maximum absolute atomic E-state index is 13.2. The Bertz CT molecular complexity index is 1340. The van der Waals surface area contributed by atoms with Gasteiger partial charge in [-0.2, -0.15) is 0 Å². The number of aryl methyl sites for hydroxylation is 2. The maximum atomic E-state index is 13.2. The first-order chi connectivity index (χ1) is 14.9. The van der Waals surface area contributed by atoms with E-state index in [0.717, 1.165) is 64.2 Å². The van der Waals surface area contributed by atoms with E-state index in [-0.39, 0.29) is 5.91 Å². The fraction of sp³-hybridized carbons (Fsp3) is 0.250. The zero-order valence-electron chi connectivity index (χ0n) is 17.3. The van der Waals surface area contributed by atoms with Gasteiger partial charge in [0.25, 0.3) is 5.91 Å². The summed E-state index contributed by atoms with van der Waals surface area (Å²) in [6, 6.07) is 9.37. The third-order valence-corrected chi connectivity index (χ3v) is 7.37. The van der Waals surface area contributed by atoms with Gasteiger partial charge in [-0.05, 0) is 74.9 Å². The maximum Gasteiger partial charge on any atom is 0.267 e. The van der Waals surface area contributed by atoms with Crippen LogP contribution < -0.4 is 11.1 Å². The lowest BCUT2D eigenvalue weighted by atomic mass is 9.89. The zero-order valence-corrected chi connectivity index (χ0v) is 18.9. The molecule has 0 unspecified atom stereocenters. The number of carbonyl (C=O) groups is 1. The molecule has 31 heavy (non-hydrogen) atoms. The number of amides is 1. The third-order valence-electron chi connectivity index (χ3n) is 5.86. The van der Waals surface area contributed by atoms with Gasteiger partial charge < -0.3 is 15.5 Å². The number of halogens is 1. The second-order valence-corrected chi connectivity index (χ2v) is 9.33. The number of nitrogens with one attached hydrogen (secondary N) is 1. The van der Waals surface area contributed by atoms with Gasteiger partial charge in [0.15, 0.2) is 0 Å². The minimum absolute atomic E-state index is 0.259. The number of aromatic nitrogens is 1. The minimum Gasteiger partial charge on any atom is -0.461 e. The number of anilines is 2. The first kappa shape index (κ1) is 20.1. The van der Waals surface area contributed by atoms with Crippen molar-refractivity contribution in [2.75, 3.05) is 11.1 Å². The van der Waals surface area contributed by atoms with E-state index in [1.165, 1.54) is 16.9 Å². The highest BCUT2D eigenvalue weighted by atomic mass is 35.5. The zero-order chi connectivity index (χ0) is 21.7. The Hall–Kier alpha value is -2.83. The van der Waals surface area contributed by atoms with Gasteiger partial charge in [0.05, 0.1) is 5.69 Å². The molecule has 0 radical (unpaired) electrons. The molecule has 158 valence electrons. The number of fused-ring (bicyclic) bond motifs is 2. The van der Waals surface area contributed by atoms with Crippen LogP contribution in [-0.2, 0) is 12.8 Å². The summed E-state index contributed by atoms with van der Waals surface area (Å²) in [4.78, 5) is 19.3. The van der Waals surface area contributed by atoms with E-state index in [2.05, 4.69) is 5.32 Å². The first-order valence-corrected chi connectivity index (χ1v) is 11.5. The Morgan fingerprint density at radius 3 is 2.77 bits per heavy atom. The monoisotopic (exact) mass is 451 g/mol. The lowest BCUT2D eigenvalue weighted by molar-refractivity contribution is 0.103. The van der Waals surface area contributed by atoms with Crippen molar-refractivity contribution in [2.45, 2.75) is 39.5 Å². The fourth-order valence-corrected chi connectivity index (χ4v) is 5.43. The van der Waals surface area contributed by atoms with Gasteiger partial charge in [0, 0.05) is 27.4 Å². The topological polar surface area (TPSA) is 81.2 Å². The second-order valence-electron chi connectivity index (χ2n) is 7.92. The second kappa shape index (κ2) is 7.70. The molecule has 5 nitrogen and oxygen atoms in total. The smallest absolute Gasteiger partial charge is 0.267 e. The molecule has 3 heterocycles. The number of thiophene rings is 1. The van der Waals surface area contributed by atoms with Crippen LogP contribution in [0.25, 0.3) is 21.5 Å². The SMILES string of the molecule is Cc1ccc(-c2c3c(nc4sc(C(=O)Nc5cccc(Cl)c5C)c(N)c24)CCCC3)o1. The van der Waals surface area contributed by atoms with Gasteiger partial charge in [-0.15, -0.1) is 11.3 Å². The average molecular weight is 452 g/mol. The molecule has 3 aromatic heterocycles. The summed E-state index contributed by atoms with van der Waals surface area (Å²) in [5.74, 6) is 1.36. The van der Waals surface area contributed by atoms with Crippen molar-refractivity contribution >= 4 is 50.4 Å². The highest BCUT2D eigenvalue weighted by molar-refractivity contribution is 7.21. The van der Waals surface area contributed by atoms with Crippen LogP contribution in [0.2, 0.25) is 5.02 Å². The molecule has 1 aromatic carbocycles. The summed E-state index contributed by atoms with van der Waals surface area (Å²) < 4.78 is 6.00. The Labute approximate surface area is 189 Å². The van der Waals surface area contributed by atoms with Crippen molar-refractivity contribution in [3.05, 3.63) is 62.8 Å². The molecule has 0 atom stereocenters. The quantitative estimate of drug-likeness (QED) is 0.370. The number of rotatable bonds is 3. The predicted molar refractivity (Wildman–Crippen MR) is 127 cm³/mol. The highest BCUT2D eigenvalue weighted by Crippen LogP contribution is 2.44. The van der Waals surface area contributed by atoms with Crippen LogP contribution in [0.5, 0.6) is 0 Å². The van der Waals surface area contributed by atoms with Crippen LogP contribution in [-0.4, -0.2) is 10.9 Å². The number of pyridine rings is 1. The number of furan rings is 1. The van der Waals surface area contributed by atoms with E-state index in [9.17, 15) is 4.79 Å². The summed E-state index contributed by atoms with van der Waals surface area (Å²) in [5.41, 5.74) is 11.8. The first-order valence-electron chi connectivity index (χ1n) is 10.3. The number of carbonyl (C=O) groups excluding carboxylic acids is 1. The van der Waals surface area contributed by atoms with E-state index < -0.39 is 0 Å². The molecule has 0 bridgehead atoms. The van der Waals surface area contributed by atoms with Crippen LogP contribution in [0.1, 0.15) is 45.1 Å². The molecule has 3 N–H and O–H groups in total. The average Bonchev–Trinajstić information content (AvgIpc) is 3.33. The van der Waals surface area contributed by atoms with Crippen molar-refractivity contribution in [3.8, 4) is 11.3 Å². The van der Waals surface area contributed by atoms with Crippen molar-refractivity contribution < 1.29 is 9.21 Å². The van der Waals surface area contributed by atoms with E-state index in [1.54, 1.807) is 6.07 Å². The Morgan fingerprint density at radius 2 is 2.00 bits per heavy atom. The number of benzene rings is 1. The number of nitrogens with zero attached hydrogens (tertiary/aromatic N) is 1. The van der Waals surface area contributed by atoms with Crippen molar-refractivity contribution in [1.82, 2.24) is 4.98 Å². The summed E-state index contributed by atoms with van der Waals surface area (Å²) >= 11 is 7.54. The van der Waals surface area contributed by atoms with Gasteiger partial charge in [-0.3, -0.25) is 4.79 Å². The molecule has 4 aromatic rings.